The van der Waals surface area contributed by atoms with Crippen molar-refractivity contribution >= 4 is 0 Å². The number of aryl methyl sites for hydroxylation is 4. The maximum Gasteiger partial charge on any atom is -0.0152 e. The summed E-state index contributed by atoms with van der Waals surface area (Å²) in [4.78, 5) is 0. The Hall–Kier alpha value is -1.56. The van der Waals surface area contributed by atoms with E-state index >= 15 is 0 Å². The van der Waals surface area contributed by atoms with Crippen LogP contribution in [0.4, 0.5) is 0 Å². The van der Waals surface area contributed by atoms with Crippen LogP contribution in [0.1, 0.15) is 22.3 Å². The summed E-state index contributed by atoms with van der Waals surface area (Å²) in [6.07, 6.45) is 0. The number of benzene rings is 2. The molecule has 0 spiro atoms. The fourth-order valence-corrected chi connectivity index (χ4v) is 2.08. The third-order valence-electron chi connectivity index (χ3n) is 3.17. The highest BCUT2D eigenvalue weighted by Crippen LogP contribution is 2.26. The zero-order chi connectivity index (χ0) is 11.7. The molecule has 0 heterocycles. The second-order valence-corrected chi connectivity index (χ2v) is 4.62. The first-order valence-corrected chi connectivity index (χ1v) is 5.73. The molecule has 0 amide bonds. The molecular formula is C16H18. The summed E-state index contributed by atoms with van der Waals surface area (Å²) in [5, 5.41) is 0. The van der Waals surface area contributed by atoms with Gasteiger partial charge in [0.05, 0.1) is 0 Å². The zero-order valence-corrected chi connectivity index (χ0v) is 10.5. The van der Waals surface area contributed by atoms with E-state index in [9.17, 15) is 0 Å². The molecule has 82 valence electrons. The summed E-state index contributed by atoms with van der Waals surface area (Å²) in [7, 11) is 0. The van der Waals surface area contributed by atoms with Crippen LogP contribution in [-0.4, -0.2) is 0 Å². The minimum Gasteiger partial charge on any atom is -0.0614 e. The van der Waals surface area contributed by atoms with Crippen LogP contribution in [0.3, 0.4) is 0 Å². The molecule has 0 saturated carbocycles. The van der Waals surface area contributed by atoms with Crippen LogP contribution >= 0.6 is 0 Å². The molecule has 16 heavy (non-hydrogen) atoms. The smallest absolute Gasteiger partial charge is 0.0152 e. The van der Waals surface area contributed by atoms with Crippen LogP contribution in [0.2, 0.25) is 0 Å². The van der Waals surface area contributed by atoms with E-state index < -0.39 is 0 Å². The molecule has 2 aromatic rings. The molecule has 0 nitrogen and oxygen atoms in total. The third-order valence-corrected chi connectivity index (χ3v) is 3.17. The third kappa shape index (κ3) is 2.01. The second-order valence-electron chi connectivity index (χ2n) is 4.62. The number of rotatable bonds is 1. The molecule has 2 rings (SSSR count). The van der Waals surface area contributed by atoms with E-state index in [4.69, 9.17) is 0 Å². The van der Waals surface area contributed by atoms with Crippen molar-refractivity contribution in [1.29, 1.82) is 0 Å². The Balaban J connectivity index is 2.60. The summed E-state index contributed by atoms with van der Waals surface area (Å²) in [6.45, 7) is 8.67. The van der Waals surface area contributed by atoms with Crippen LogP contribution in [0.25, 0.3) is 11.1 Å². The summed E-state index contributed by atoms with van der Waals surface area (Å²) in [5.41, 5.74) is 8.08. The predicted octanol–water partition coefficient (Wildman–Crippen LogP) is 4.59. The molecule has 2 aromatic carbocycles. The Labute approximate surface area is 97.9 Å². The molecule has 0 atom stereocenters. The van der Waals surface area contributed by atoms with Gasteiger partial charge < -0.3 is 0 Å². The van der Waals surface area contributed by atoms with Crippen molar-refractivity contribution in [3.63, 3.8) is 0 Å². The highest BCUT2D eigenvalue weighted by Gasteiger charge is 2.04. The van der Waals surface area contributed by atoms with Gasteiger partial charge in [0.15, 0.2) is 0 Å². The molecule has 0 N–H and O–H groups in total. The van der Waals surface area contributed by atoms with Gasteiger partial charge in [0, 0.05) is 0 Å². The van der Waals surface area contributed by atoms with Crippen LogP contribution in [-0.2, 0) is 0 Å². The Kier molecular flexibility index (Phi) is 2.82. The van der Waals surface area contributed by atoms with Crippen molar-refractivity contribution in [2.75, 3.05) is 0 Å². The molecule has 0 bridgehead atoms. The first-order valence-electron chi connectivity index (χ1n) is 5.73. The zero-order valence-electron chi connectivity index (χ0n) is 10.5. The fraction of sp³-hybridized carbons (Fsp3) is 0.250. The van der Waals surface area contributed by atoms with Crippen LogP contribution in [0, 0.1) is 27.7 Å². The summed E-state index contributed by atoms with van der Waals surface area (Å²) in [6, 6.07) is 13.3. The number of hydrogen-bond acceptors (Lipinski definition) is 0. The van der Waals surface area contributed by atoms with E-state index in [0.29, 0.717) is 0 Å². The molecule has 0 radical (unpaired) electrons. The monoisotopic (exact) mass is 210 g/mol. The molecular weight excluding hydrogens is 192 g/mol. The molecule has 0 heteroatoms. The Morgan fingerprint density at radius 3 is 2.06 bits per heavy atom. The lowest BCUT2D eigenvalue weighted by Crippen LogP contribution is -1.89. The molecule has 0 fully saturated rings. The molecule has 0 aliphatic heterocycles. The second kappa shape index (κ2) is 4.13. The first kappa shape index (κ1) is 10.9. The van der Waals surface area contributed by atoms with Crippen LogP contribution in [0.15, 0.2) is 36.4 Å². The highest BCUT2D eigenvalue weighted by atomic mass is 14.1. The minimum atomic E-state index is 1.31. The summed E-state index contributed by atoms with van der Waals surface area (Å²) in [5.74, 6) is 0. The van der Waals surface area contributed by atoms with Gasteiger partial charge in [0.25, 0.3) is 0 Å². The van der Waals surface area contributed by atoms with Crippen LogP contribution in [0.5, 0.6) is 0 Å². The first-order chi connectivity index (χ1) is 7.58. The Bertz CT molecular complexity index is 522. The summed E-state index contributed by atoms with van der Waals surface area (Å²) < 4.78 is 0. The van der Waals surface area contributed by atoms with E-state index in [2.05, 4.69) is 64.1 Å². The van der Waals surface area contributed by atoms with Gasteiger partial charge >= 0.3 is 0 Å². The average molecular weight is 210 g/mol. The maximum absolute atomic E-state index is 2.29. The van der Waals surface area contributed by atoms with Crippen LogP contribution < -0.4 is 0 Å². The van der Waals surface area contributed by atoms with E-state index in [1.54, 1.807) is 0 Å². The van der Waals surface area contributed by atoms with Gasteiger partial charge in [0.1, 0.15) is 0 Å². The van der Waals surface area contributed by atoms with E-state index in [-0.39, 0.29) is 0 Å². The van der Waals surface area contributed by atoms with Gasteiger partial charge in [-0.05, 0) is 55.5 Å². The predicted molar refractivity (Wildman–Crippen MR) is 70.8 cm³/mol. The van der Waals surface area contributed by atoms with Gasteiger partial charge in [0.2, 0.25) is 0 Å². The summed E-state index contributed by atoms with van der Waals surface area (Å²) >= 11 is 0. The van der Waals surface area contributed by atoms with Gasteiger partial charge in [-0.25, -0.2) is 0 Å². The lowest BCUT2D eigenvalue weighted by molar-refractivity contribution is 1.30. The van der Waals surface area contributed by atoms with Gasteiger partial charge in [-0.3, -0.25) is 0 Å². The molecule has 0 aromatic heterocycles. The number of hydrogen-bond donors (Lipinski definition) is 0. The normalized spacial score (nSPS) is 10.5. The van der Waals surface area contributed by atoms with Gasteiger partial charge in [-0.2, -0.15) is 0 Å². The largest absolute Gasteiger partial charge is 0.0614 e. The average Bonchev–Trinajstić information content (AvgIpc) is 2.23. The SMILES string of the molecule is Cc1cccc(-c2cc(C)c(C)cc2C)c1. The Morgan fingerprint density at radius 2 is 1.38 bits per heavy atom. The topological polar surface area (TPSA) is 0 Å². The van der Waals surface area contributed by atoms with E-state index in [0.717, 1.165) is 0 Å². The van der Waals surface area contributed by atoms with E-state index in [1.807, 2.05) is 0 Å². The quantitative estimate of drug-likeness (QED) is 0.646. The van der Waals surface area contributed by atoms with Gasteiger partial charge in [-0.1, -0.05) is 42.0 Å². The van der Waals surface area contributed by atoms with Crippen molar-refractivity contribution in [2.45, 2.75) is 27.7 Å². The van der Waals surface area contributed by atoms with Crippen molar-refractivity contribution in [1.82, 2.24) is 0 Å². The standard InChI is InChI=1S/C16H18/c1-11-6-5-7-15(8-11)16-10-13(3)12(2)9-14(16)4/h5-10H,1-4H3. The highest BCUT2D eigenvalue weighted by molar-refractivity contribution is 5.69. The lowest BCUT2D eigenvalue weighted by Gasteiger charge is -2.10. The molecule has 0 saturated heterocycles. The maximum atomic E-state index is 2.29. The van der Waals surface area contributed by atoms with Crippen molar-refractivity contribution in [2.24, 2.45) is 0 Å². The molecule has 0 unspecified atom stereocenters. The van der Waals surface area contributed by atoms with Crippen molar-refractivity contribution < 1.29 is 0 Å². The van der Waals surface area contributed by atoms with Crippen molar-refractivity contribution in [3.8, 4) is 11.1 Å². The molecule has 0 aliphatic carbocycles. The fourth-order valence-electron chi connectivity index (χ4n) is 2.08. The minimum absolute atomic E-state index is 1.31. The Morgan fingerprint density at radius 1 is 0.688 bits per heavy atom. The van der Waals surface area contributed by atoms with Crippen molar-refractivity contribution in [3.05, 3.63) is 58.7 Å². The molecule has 0 aliphatic rings. The lowest BCUT2D eigenvalue weighted by atomic mass is 9.95. The van der Waals surface area contributed by atoms with E-state index in [1.165, 1.54) is 33.4 Å². The van der Waals surface area contributed by atoms with Gasteiger partial charge in [-0.15, -0.1) is 0 Å².